The van der Waals surface area contributed by atoms with Gasteiger partial charge in [-0.25, -0.2) is 13.2 Å². The molecule has 0 fully saturated rings. The molecule has 0 radical (unpaired) electrons. The van der Waals surface area contributed by atoms with E-state index in [9.17, 15) is 22.8 Å². The Labute approximate surface area is 114 Å². The third-order valence-corrected chi connectivity index (χ3v) is 3.86. The number of carboxylic acids is 1. The van der Waals surface area contributed by atoms with Crippen molar-refractivity contribution >= 4 is 27.5 Å². The molecule has 8 heteroatoms. The second-order valence-electron chi connectivity index (χ2n) is 3.79. The van der Waals surface area contributed by atoms with Gasteiger partial charge in [-0.05, 0) is 30.3 Å². The highest BCUT2D eigenvalue weighted by Crippen LogP contribution is 2.13. The molecule has 20 heavy (non-hydrogen) atoms. The number of hydrogen-bond acceptors (Lipinski definition) is 5. The van der Waals surface area contributed by atoms with E-state index in [2.05, 4.69) is 0 Å². The SMILES string of the molecule is NC(=O)CS(=O)(=O)c1ccc(C(=O)/C=C/C(=O)O)cc1. The number of sulfone groups is 1. The number of primary amides is 1. The van der Waals surface area contributed by atoms with Gasteiger partial charge in [-0.2, -0.15) is 0 Å². The van der Waals surface area contributed by atoms with E-state index in [1.165, 1.54) is 12.1 Å². The maximum atomic E-state index is 11.7. The van der Waals surface area contributed by atoms with Crippen LogP contribution in [0.1, 0.15) is 10.4 Å². The van der Waals surface area contributed by atoms with Crippen LogP contribution in [0.25, 0.3) is 0 Å². The Balaban J connectivity index is 2.97. The van der Waals surface area contributed by atoms with Crippen LogP contribution >= 0.6 is 0 Å². The van der Waals surface area contributed by atoms with Gasteiger partial charge in [-0.15, -0.1) is 0 Å². The van der Waals surface area contributed by atoms with Crippen molar-refractivity contribution < 1.29 is 27.9 Å². The molecule has 0 saturated carbocycles. The molecule has 106 valence electrons. The molecule has 0 bridgehead atoms. The standard InChI is InChI=1S/C12H11NO6S/c13-11(15)7-20(18,19)9-3-1-8(2-4-9)10(14)5-6-12(16)17/h1-6H,7H2,(H2,13,15)(H,16,17)/b6-5+. The molecule has 3 N–H and O–H groups in total. The molecule has 0 spiro atoms. The van der Waals surface area contributed by atoms with Crippen molar-refractivity contribution in [2.45, 2.75) is 4.90 Å². The minimum atomic E-state index is -3.83. The van der Waals surface area contributed by atoms with Crippen LogP contribution in [0.5, 0.6) is 0 Å². The molecule has 0 atom stereocenters. The number of carbonyl (C=O) groups is 3. The molecule has 0 aliphatic heterocycles. The Hall–Kier alpha value is -2.48. The van der Waals surface area contributed by atoms with Gasteiger partial charge in [0.15, 0.2) is 15.6 Å². The van der Waals surface area contributed by atoms with Gasteiger partial charge in [0.25, 0.3) is 0 Å². The highest BCUT2D eigenvalue weighted by atomic mass is 32.2. The van der Waals surface area contributed by atoms with Crippen LogP contribution in [0.4, 0.5) is 0 Å². The zero-order chi connectivity index (χ0) is 15.3. The number of rotatable bonds is 6. The van der Waals surface area contributed by atoms with Crippen molar-refractivity contribution in [3.63, 3.8) is 0 Å². The highest BCUT2D eigenvalue weighted by Gasteiger charge is 2.17. The van der Waals surface area contributed by atoms with E-state index >= 15 is 0 Å². The zero-order valence-electron chi connectivity index (χ0n) is 10.1. The number of amides is 1. The number of carboxylic acid groups (broad SMARTS) is 1. The molecule has 1 rings (SSSR count). The van der Waals surface area contributed by atoms with Crippen LogP contribution in [0.3, 0.4) is 0 Å². The van der Waals surface area contributed by atoms with Crippen molar-refractivity contribution in [3.05, 3.63) is 42.0 Å². The smallest absolute Gasteiger partial charge is 0.328 e. The van der Waals surface area contributed by atoms with E-state index < -0.39 is 33.2 Å². The lowest BCUT2D eigenvalue weighted by atomic mass is 10.1. The summed E-state index contributed by atoms with van der Waals surface area (Å²) in [5.74, 6) is -3.64. The van der Waals surface area contributed by atoms with E-state index in [-0.39, 0.29) is 10.5 Å². The topological polar surface area (TPSA) is 132 Å². The summed E-state index contributed by atoms with van der Waals surface area (Å²) in [5, 5.41) is 8.38. The summed E-state index contributed by atoms with van der Waals surface area (Å²) in [4.78, 5) is 32.3. The molecule has 0 aliphatic carbocycles. The van der Waals surface area contributed by atoms with Gasteiger partial charge in [0.1, 0.15) is 5.75 Å². The van der Waals surface area contributed by atoms with Crippen molar-refractivity contribution in [1.82, 2.24) is 0 Å². The normalized spacial score (nSPS) is 11.4. The van der Waals surface area contributed by atoms with Crippen molar-refractivity contribution in [1.29, 1.82) is 0 Å². The van der Waals surface area contributed by atoms with E-state index in [1.54, 1.807) is 0 Å². The molecular formula is C12H11NO6S. The summed E-state index contributed by atoms with van der Waals surface area (Å²) < 4.78 is 23.3. The number of allylic oxidation sites excluding steroid dienone is 1. The molecule has 0 saturated heterocycles. The monoisotopic (exact) mass is 297 g/mol. The fourth-order valence-electron chi connectivity index (χ4n) is 1.34. The number of hydrogen-bond donors (Lipinski definition) is 2. The van der Waals surface area contributed by atoms with Crippen LogP contribution < -0.4 is 5.73 Å². The largest absolute Gasteiger partial charge is 0.478 e. The number of ketones is 1. The number of benzene rings is 1. The molecule has 0 aromatic heterocycles. The van der Waals surface area contributed by atoms with E-state index in [1.807, 2.05) is 0 Å². The maximum absolute atomic E-state index is 11.7. The first kappa shape index (κ1) is 15.6. The molecular weight excluding hydrogens is 286 g/mol. The Morgan fingerprint density at radius 3 is 2.10 bits per heavy atom. The first-order chi connectivity index (χ1) is 9.22. The van der Waals surface area contributed by atoms with Crippen LogP contribution in [0.2, 0.25) is 0 Å². The van der Waals surface area contributed by atoms with Crippen molar-refractivity contribution in [2.24, 2.45) is 5.73 Å². The fraction of sp³-hybridized carbons (Fsp3) is 0.0833. The van der Waals surface area contributed by atoms with Crippen LogP contribution in [0, 0.1) is 0 Å². The average Bonchev–Trinajstić information content (AvgIpc) is 2.34. The first-order valence-corrected chi connectivity index (χ1v) is 6.94. The molecule has 1 aromatic carbocycles. The van der Waals surface area contributed by atoms with Crippen LogP contribution in [-0.2, 0) is 19.4 Å². The van der Waals surface area contributed by atoms with Crippen molar-refractivity contribution in [2.75, 3.05) is 5.75 Å². The van der Waals surface area contributed by atoms with Gasteiger partial charge < -0.3 is 10.8 Å². The Morgan fingerprint density at radius 2 is 1.65 bits per heavy atom. The Kier molecular flexibility index (Phi) is 4.76. The lowest BCUT2D eigenvalue weighted by Crippen LogP contribution is -2.23. The van der Waals surface area contributed by atoms with Gasteiger partial charge in [0.05, 0.1) is 4.90 Å². The first-order valence-electron chi connectivity index (χ1n) is 5.29. The number of carbonyl (C=O) groups excluding carboxylic acids is 2. The van der Waals surface area contributed by atoms with Gasteiger partial charge in [-0.1, -0.05) is 0 Å². The summed E-state index contributed by atoms with van der Waals surface area (Å²) in [5.41, 5.74) is 4.95. The quantitative estimate of drug-likeness (QED) is 0.550. The summed E-state index contributed by atoms with van der Waals surface area (Å²) >= 11 is 0. The van der Waals surface area contributed by atoms with Gasteiger partial charge >= 0.3 is 5.97 Å². The summed E-state index contributed by atoms with van der Waals surface area (Å²) in [6.45, 7) is 0. The Morgan fingerprint density at radius 1 is 1.10 bits per heavy atom. The molecule has 7 nitrogen and oxygen atoms in total. The molecule has 0 heterocycles. The minimum absolute atomic E-state index is 0.125. The number of aliphatic carboxylic acids is 1. The second-order valence-corrected chi connectivity index (χ2v) is 5.78. The third-order valence-electron chi connectivity index (χ3n) is 2.21. The van der Waals surface area contributed by atoms with Gasteiger partial charge in [0, 0.05) is 11.6 Å². The van der Waals surface area contributed by atoms with Crippen LogP contribution in [-0.4, -0.2) is 36.9 Å². The lowest BCUT2D eigenvalue weighted by Gasteiger charge is -2.02. The summed E-state index contributed by atoms with van der Waals surface area (Å²) in [7, 11) is -3.83. The predicted molar refractivity (Wildman–Crippen MR) is 68.8 cm³/mol. The molecule has 0 unspecified atom stereocenters. The molecule has 1 amide bonds. The summed E-state index contributed by atoms with van der Waals surface area (Å²) in [6, 6.07) is 4.75. The Bertz CT molecular complexity index is 672. The number of nitrogens with two attached hydrogens (primary N) is 1. The van der Waals surface area contributed by atoms with E-state index in [0.29, 0.717) is 6.08 Å². The average molecular weight is 297 g/mol. The fourth-order valence-corrected chi connectivity index (χ4v) is 2.43. The maximum Gasteiger partial charge on any atom is 0.328 e. The highest BCUT2D eigenvalue weighted by molar-refractivity contribution is 7.92. The third kappa shape index (κ3) is 4.32. The van der Waals surface area contributed by atoms with E-state index in [0.717, 1.165) is 18.2 Å². The van der Waals surface area contributed by atoms with Crippen molar-refractivity contribution in [3.8, 4) is 0 Å². The minimum Gasteiger partial charge on any atom is -0.478 e. The lowest BCUT2D eigenvalue weighted by molar-refractivity contribution is -0.131. The van der Waals surface area contributed by atoms with Crippen LogP contribution in [0.15, 0.2) is 41.3 Å². The van der Waals surface area contributed by atoms with Gasteiger partial charge in [0.2, 0.25) is 5.91 Å². The molecule has 0 aliphatic rings. The molecule has 1 aromatic rings. The zero-order valence-corrected chi connectivity index (χ0v) is 11.0. The predicted octanol–water partition coefficient (Wildman–Crippen LogP) is -0.231. The van der Waals surface area contributed by atoms with E-state index in [4.69, 9.17) is 10.8 Å². The second kappa shape index (κ2) is 6.11. The summed E-state index contributed by atoms with van der Waals surface area (Å²) in [6.07, 6.45) is 1.54. The van der Waals surface area contributed by atoms with Gasteiger partial charge in [-0.3, -0.25) is 9.59 Å².